The van der Waals surface area contributed by atoms with Gasteiger partial charge in [-0.2, -0.15) is 13.2 Å². The Morgan fingerprint density at radius 2 is 1.89 bits per heavy atom. The molecule has 1 spiro atoms. The maximum atomic E-state index is 12.6. The van der Waals surface area contributed by atoms with Crippen LogP contribution in [0.3, 0.4) is 0 Å². The van der Waals surface area contributed by atoms with Crippen LogP contribution in [0.2, 0.25) is 0 Å². The highest BCUT2D eigenvalue weighted by atomic mass is 19.4. The maximum absolute atomic E-state index is 12.6. The van der Waals surface area contributed by atoms with Crippen LogP contribution in [-0.4, -0.2) is 69.7 Å². The van der Waals surface area contributed by atoms with E-state index < -0.39 is 12.1 Å². The first-order valence-corrected chi connectivity index (χ1v) is 9.38. The standard InChI is InChI=1S/C17H23N3O.C2HF3O2/c1-13-2-5-15(10-18-13)16(21)19-8-6-17(12-19)7-9-20(17)11-14-3-4-14;3-2(4,5)1(6)7/h2,5,10,14H,3-4,6-9,11-12H2,1H3;(H,6,7). The highest BCUT2D eigenvalue weighted by Crippen LogP contribution is 2.42. The van der Waals surface area contributed by atoms with Crippen LogP contribution in [0.5, 0.6) is 0 Å². The monoisotopic (exact) mass is 399 g/mol. The number of carbonyl (C=O) groups is 2. The molecule has 0 bridgehead atoms. The molecule has 2 saturated heterocycles. The summed E-state index contributed by atoms with van der Waals surface area (Å²) >= 11 is 0. The molecule has 2 aliphatic heterocycles. The molecule has 6 nitrogen and oxygen atoms in total. The van der Waals surface area contributed by atoms with Crippen molar-refractivity contribution in [2.75, 3.05) is 26.2 Å². The summed E-state index contributed by atoms with van der Waals surface area (Å²) in [6.45, 7) is 6.24. The normalized spacial score (nSPS) is 24.5. The lowest BCUT2D eigenvalue weighted by Crippen LogP contribution is -2.61. The molecule has 3 aliphatic rings. The van der Waals surface area contributed by atoms with Crippen LogP contribution in [0.1, 0.15) is 41.7 Å². The molecule has 1 aromatic heterocycles. The molecule has 1 amide bonds. The molecule has 28 heavy (non-hydrogen) atoms. The molecule has 154 valence electrons. The second kappa shape index (κ2) is 7.69. The summed E-state index contributed by atoms with van der Waals surface area (Å²) in [5.41, 5.74) is 1.99. The third kappa shape index (κ3) is 4.63. The number of aromatic nitrogens is 1. The molecule has 1 aromatic rings. The van der Waals surface area contributed by atoms with Crippen LogP contribution in [0, 0.1) is 12.8 Å². The van der Waals surface area contributed by atoms with E-state index in [1.165, 1.54) is 32.4 Å². The summed E-state index contributed by atoms with van der Waals surface area (Å²) in [5, 5.41) is 7.12. The highest BCUT2D eigenvalue weighted by molar-refractivity contribution is 5.94. The minimum absolute atomic E-state index is 0.151. The number of hydrogen-bond donors (Lipinski definition) is 1. The fraction of sp³-hybridized carbons (Fsp3) is 0.632. The third-order valence-corrected chi connectivity index (χ3v) is 5.71. The quantitative estimate of drug-likeness (QED) is 0.846. The SMILES string of the molecule is Cc1ccc(C(=O)N2CCC3(CCN3CC3CC3)C2)cn1.O=C(O)C(F)(F)F. The number of amides is 1. The van der Waals surface area contributed by atoms with Gasteiger partial charge >= 0.3 is 12.1 Å². The molecular formula is C19H24F3N3O3. The number of carbonyl (C=O) groups excluding carboxylic acids is 1. The lowest BCUT2D eigenvalue weighted by molar-refractivity contribution is -0.192. The minimum atomic E-state index is -5.08. The number of hydrogen-bond acceptors (Lipinski definition) is 4. The summed E-state index contributed by atoms with van der Waals surface area (Å²) < 4.78 is 31.7. The Morgan fingerprint density at radius 1 is 1.25 bits per heavy atom. The maximum Gasteiger partial charge on any atom is 0.490 e. The van der Waals surface area contributed by atoms with Gasteiger partial charge in [-0.05, 0) is 50.7 Å². The first-order chi connectivity index (χ1) is 13.1. The van der Waals surface area contributed by atoms with E-state index in [-0.39, 0.29) is 5.91 Å². The van der Waals surface area contributed by atoms with Gasteiger partial charge < -0.3 is 10.0 Å². The van der Waals surface area contributed by atoms with Crippen LogP contribution in [0.25, 0.3) is 0 Å². The fourth-order valence-electron chi connectivity index (χ4n) is 3.75. The second-order valence-corrected chi connectivity index (χ2v) is 7.83. The van der Waals surface area contributed by atoms with E-state index in [0.29, 0.717) is 5.54 Å². The van der Waals surface area contributed by atoms with Crippen molar-refractivity contribution in [3.05, 3.63) is 29.6 Å². The number of carboxylic acid groups (broad SMARTS) is 1. The van der Waals surface area contributed by atoms with Gasteiger partial charge in [0.2, 0.25) is 0 Å². The number of likely N-dealkylation sites (tertiary alicyclic amines) is 2. The molecule has 9 heteroatoms. The van der Waals surface area contributed by atoms with Gasteiger partial charge in [-0.1, -0.05) is 0 Å². The number of carboxylic acids is 1. The molecule has 1 aliphatic carbocycles. The van der Waals surface area contributed by atoms with E-state index in [1.807, 2.05) is 24.0 Å². The molecule has 0 radical (unpaired) electrons. The van der Waals surface area contributed by atoms with Gasteiger partial charge in [0.05, 0.1) is 5.56 Å². The van der Waals surface area contributed by atoms with Crippen molar-refractivity contribution in [2.24, 2.45) is 5.92 Å². The second-order valence-electron chi connectivity index (χ2n) is 7.83. The summed E-state index contributed by atoms with van der Waals surface area (Å²) in [5.74, 6) is -1.67. The molecule has 1 saturated carbocycles. The number of rotatable bonds is 3. The van der Waals surface area contributed by atoms with Crippen molar-refractivity contribution in [2.45, 2.75) is 44.3 Å². The first kappa shape index (κ1) is 20.6. The van der Waals surface area contributed by atoms with Crippen LogP contribution in [0.4, 0.5) is 13.2 Å². The first-order valence-electron chi connectivity index (χ1n) is 9.38. The van der Waals surface area contributed by atoms with Gasteiger partial charge in [0.25, 0.3) is 5.91 Å². The van der Waals surface area contributed by atoms with Crippen LogP contribution in [-0.2, 0) is 4.79 Å². The van der Waals surface area contributed by atoms with Crippen molar-refractivity contribution in [1.82, 2.24) is 14.8 Å². The van der Waals surface area contributed by atoms with Crippen molar-refractivity contribution in [3.8, 4) is 0 Å². The number of pyridine rings is 1. The van der Waals surface area contributed by atoms with Crippen molar-refractivity contribution < 1.29 is 27.9 Å². The molecular weight excluding hydrogens is 375 g/mol. The van der Waals surface area contributed by atoms with E-state index in [1.54, 1.807) is 6.20 Å². The van der Waals surface area contributed by atoms with Gasteiger partial charge in [0, 0.05) is 43.6 Å². The van der Waals surface area contributed by atoms with Crippen molar-refractivity contribution in [3.63, 3.8) is 0 Å². The number of halogens is 3. The van der Waals surface area contributed by atoms with Crippen LogP contribution < -0.4 is 0 Å². The van der Waals surface area contributed by atoms with Gasteiger partial charge in [0.1, 0.15) is 0 Å². The average molecular weight is 399 g/mol. The molecule has 0 aromatic carbocycles. The van der Waals surface area contributed by atoms with Gasteiger partial charge in [-0.3, -0.25) is 14.7 Å². The molecule has 1 N–H and O–H groups in total. The van der Waals surface area contributed by atoms with E-state index >= 15 is 0 Å². The van der Waals surface area contributed by atoms with Crippen molar-refractivity contribution in [1.29, 1.82) is 0 Å². The van der Waals surface area contributed by atoms with Gasteiger partial charge in [0.15, 0.2) is 0 Å². The molecule has 4 rings (SSSR count). The Labute approximate surface area is 161 Å². The predicted octanol–water partition coefficient (Wildman–Crippen LogP) is 2.72. The zero-order valence-electron chi connectivity index (χ0n) is 15.7. The smallest absolute Gasteiger partial charge is 0.475 e. The molecule has 1 atom stereocenters. The topological polar surface area (TPSA) is 73.7 Å². The zero-order chi connectivity index (χ0) is 20.5. The van der Waals surface area contributed by atoms with Gasteiger partial charge in [-0.15, -0.1) is 0 Å². The Kier molecular flexibility index (Phi) is 5.65. The van der Waals surface area contributed by atoms with Crippen molar-refractivity contribution >= 4 is 11.9 Å². The van der Waals surface area contributed by atoms with E-state index in [4.69, 9.17) is 9.90 Å². The average Bonchev–Trinajstić information content (AvgIpc) is 3.33. The van der Waals surface area contributed by atoms with Crippen LogP contribution in [0.15, 0.2) is 18.3 Å². The lowest BCUT2D eigenvalue weighted by Gasteiger charge is -2.51. The summed E-state index contributed by atoms with van der Waals surface area (Å²) in [6.07, 6.45) is 1.85. The summed E-state index contributed by atoms with van der Waals surface area (Å²) in [6, 6.07) is 3.82. The zero-order valence-corrected chi connectivity index (χ0v) is 15.7. The molecule has 3 fully saturated rings. The van der Waals surface area contributed by atoms with E-state index in [2.05, 4.69) is 9.88 Å². The summed E-state index contributed by atoms with van der Waals surface area (Å²) in [4.78, 5) is 30.4. The van der Waals surface area contributed by atoms with E-state index in [9.17, 15) is 18.0 Å². The Morgan fingerprint density at radius 3 is 2.36 bits per heavy atom. The lowest BCUT2D eigenvalue weighted by atomic mass is 9.83. The van der Waals surface area contributed by atoms with Gasteiger partial charge in [-0.25, -0.2) is 4.79 Å². The minimum Gasteiger partial charge on any atom is -0.475 e. The number of alkyl halides is 3. The number of nitrogens with zero attached hydrogens (tertiary/aromatic N) is 3. The number of aliphatic carboxylic acids is 1. The highest BCUT2D eigenvalue weighted by Gasteiger charge is 2.51. The fourth-order valence-corrected chi connectivity index (χ4v) is 3.75. The third-order valence-electron chi connectivity index (χ3n) is 5.71. The molecule has 1 unspecified atom stereocenters. The van der Waals surface area contributed by atoms with E-state index in [0.717, 1.165) is 36.7 Å². The predicted molar refractivity (Wildman–Crippen MR) is 94.8 cm³/mol. The largest absolute Gasteiger partial charge is 0.490 e. The Hall–Kier alpha value is -2.16. The summed E-state index contributed by atoms with van der Waals surface area (Å²) in [7, 11) is 0. The van der Waals surface area contributed by atoms with Crippen LogP contribution >= 0.6 is 0 Å². The molecule has 3 heterocycles. The number of aryl methyl sites for hydroxylation is 1. The Balaban J connectivity index is 0.000000279. The Bertz CT molecular complexity index is 734.